The van der Waals surface area contributed by atoms with Crippen molar-refractivity contribution in [1.29, 1.82) is 0 Å². The molecule has 2 rings (SSSR count). The van der Waals surface area contributed by atoms with Gasteiger partial charge >= 0.3 is 5.97 Å². The van der Waals surface area contributed by atoms with Crippen molar-refractivity contribution in [1.82, 2.24) is 0 Å². The number of esters is 1. The Hall–Kier alpha value is -1.83. The van der Waals surface area contributed by atoms with Gasteiger partial charge in [-0.3, -0.25) is 0 Å². The van der Waals surface area contributed by atoms with Crippen LogP contribution in [0.2, 0.25) is 0 Å². The van der Waals surface area contributed by atoms with Crippen LogP contribution in [0.3, 0.4) is 0 Å². The number of carbonyl (C=O) groups excluding carboxylic acids is 1. The molecular formula is C22H30O2. The third kappa shape index (κ3) is 5.36. The molecule has 0 saturated heterocycles. The fourth-order valence-corrected chi connectivity index (χ4v) is 3.42. The molecule has 2 heteroatoms. The van der Waals surface area contributed by atoms with Gasteiger partial charge in [-0.15, -0.1) is 0 Å². The van der Waals surface area contributed by atoms with Gasteiger partial charge in [0.2, 0.25) is 0 Å². The van der Waals surface area contributed by atoms with Gasteiger partial charge in [0.1, 0.15) is 6.10 Å². The van der Waals surface area contributed by atoms with Crippen molar-refractivity contribution in [3.05, 3.63) is 53.6 Å². The van der Waals surface area contributed by atoms with E-state index in [1.54, 1.807) is 0 Å². The van der Waals surface area contributed by atoms with Crippen molar-refractivity contribution in [2.75, 3.05) is 0 Å². The van der Waals surface area contributed by atoms with Crippen LogP contribution >= 0.6 is 0 Å². The standard InChI is InChI=1S/C22H30O2/c1-16(2)20-14-13-17(3)15-21(20)24-22(23)18(4)9-8-12-19-10-6-5-7-11-19/h5-12,16-17,20-21H,13-15H2,1-4H3/t17-,20-,21+/m0/s1. The maximum Gasteiger partial charge on any atom is 0.333 e. The van der Waals surface area contributed by atoms with Crippen LogP contribution in [0.25, 0.3) is 6.08 Å². The zero-order valence-electron chi connectivity index (χ0n) is 15.4. The molecule has 1 aromatic carbocycles. The predicted molar refractivity (Wildman–Crippen MR) is 100 cm³/mol. The average molecular weight is 326 g/mol. The van der Waals surface area contributed by atoms with E-state index in [-0.39, 0.29) is 12.1 Å². The van der Waals surface area contributed by atoms with E-state index in [1.165, 1.54) is 6.42 Å². The first kappa shape index (κ1) is 18.5. The SMILES string of the molecule is CC(=CC=Cc1ccccc1)C(=O)O[C@@H]1C[C@@H](C)CC[C@H]1C(C)C. The maximum atomic E-state index is 12.4. The molecule has 1 fully saturated rings. The summed E-state index contributed by atoms with van der Waals surface area (Å²) >= 11 is 0. The van der Waals surface area contributed by atoms with Crippen molar-refractivity contribution in [2.45, 2.75) is 53.1 Å². The van der Waals surface area contributed by atoms with Gasteiger partial charge in [0.25, 0.3) is 0 Å². The van der Waals surface area contributed by atoms with Gasteiger partial charge in [0.15, 0.2) is 0 Å². The van der Waals surface area contributed by atoms with Crippen LogP contribution in [0.1, 0.15) is 52.5 Å². The zero-order valence-corrected chi connectivity index (χ0v) is 15.4. The highest BCUT2D eigenvalue weighted by molar-refractivity contribution is 5.88. The van der Waals surface area contributed by atoms with Crippen LogP contribution in [-0.2, 0) is 9.53 Å². The Morgan fingerprint density at radius 3 is 2.58 bits per heavy atom. The summed E-state index contributed by atoms with van der Waals surface area (Å²) in [5.74, 6) is 1.49. The molecule has 1 aliphatic rings. The minimum Gasteiger partial charge on any atom is -0.459 e. The summed E-state index contributed by atoms with van der Waals surface area (Å²) in [5, 5.41) is 0. The molecule has 1 saturated carbocycles. The lowest BCUT2D eigenvalue weighted by molar-refractivity contribution is -0.151. The Labute approximate surface area is 146 Å². The predicted octanol–water partition coefficient (Wildman–Crippen LogP) is 5.65. The first-order valence-electron chi connectivity index (χ1n) is 9.08. The highest BCUT2D eigenvalue weighted by Crippen LogP contribution is 2.35. The van der Waals surface area contributed by atoms with E-state index >= 15 is 0 Å². The van der Waals surface area contributed by atoms with Crippen molar-refractivity contribution in [3.8, 4) is 0 Å². The van der Waals surface area contributed by atoms with Crippen LogP contribution in [0.15, 0.2) is 48.1 Å². The molecule has 0 spiro atoms. The van der Waals surface area contributed by atoms with E-state index in [0.717, 1.165) is 18.4 Å². The third-order valence-corrected chi connectivity index (χ3v) is 4.98. The van der Waals surface area contributed by atoms with E-state index < -0.39 is 0 Å². The van der Waals surface area contributed by atoms with E-state index in [9.17, 15) is 4.79 Å². The summed E-state index contributed by atoms with van der Waals surface area (Å²) in [6, 6.07) is 10.1. The molecule has 2 nitrogen and oxygen atoms in total. The van der Waals surface area contributed by atoms with E-state index in [2.05, 4.69) is 20.8 Å². The molecule has 0 N–H and O–H groups in total. The van der Waals surface area contributed by atoms with Crippen LogP contribution in [0, 0.1) is 17.8 Å². The molecule has 0 bridgehead atoms. The summed E-state index contributed by atoms with van der Waals surface area (Å²) in [5.41, 5.74) is 1.78. The highest BCUT2D eigenvalue weighted by Gasteiger charge is 2.33. The van der Waals surface area contributed by atoms with Gasteiger partial charge in [0.05, 0.1) is 0 Å². The van der Waals surface area contributed by atoms with Crippen LogP contribution < -0.4 is 0 Å². The van der Waals surface area contributed by atoms with Crippen molar-refractivity contribution in [3.63, 3.8) is 0 Å². The first-order valence-corrected chi connectivity index (χ1v) is 9.08. The van der Waals surface area contributed by atoms with E-state index in [0.29, 0.717) is 23.3 Å². The normalized spacial score (nSPS) is 25.2. The van der Waals surface area contributed by atoms with Gasteiger partial charge in [-0.2, -0.15) is 0 Å². The van der Waals surface area contributed by atoms with Gasteiger partial charge in [-0.05, 0) is 43.1 Å². The largest absolute Gasteiger partial charge is 0.459 e. The third-order valence-electron chi connectivity index (χ3n) is 4.98. The molecule has 0 amide bonds. The van der Waals surface area contributed by atoms with Crippen LogP contribution in [0.5, 0.6) is 0 Å². The van der Waals surface area contributed by atoms with E-state index in [1.807, 2.05) is 55.5 Å². The number of rotatable bonds is 5. The molecule has 0 heterocycles. The molecule has 1 aliphatic carbocycles. The molecule has 0 unspecified atom stereocenters. The number of allylic oxidation sites excluding steroid dienone is 2. The summed E-state index contributed by atoms with van der Waals surface area (Å²) in [6.07, 6.45) is 9.20. The second-order valence-corrected chi connectivity index (χ2v) is 7.39. The molecular weight excluding hydrogens is 296 g/mol. The van der Waals surface area contributed by atoms with Crippen LogP contribution in [0.4, 0.5) is 0 Å². The summed E-state index contributed by atoms with van der Waals surface area (Å²) < 4.78 is 5.86. The lowest BCUT2D eigenvalue weighted by atomic mass is 9.75. The number of hydrogen-bond donors (Lipinski definition) is 0. The summed E-state index contributed by atoms with van der Waals surface area (Å²) in [4.78, 5) is 12.4. The Kier molecular flexibility index (Phi) is 6.84. The Morgan fingerprint density at radius 1 is 1.21 bits per heavy atom. The van der Waals surface area contributed by atoms with Crippen molar-refractivity contribution < 1.29 is 9.53 Å². The highest BCUT2D eigenvalue weighted by atomic mass is 16.5. The second kappa shape index (κ2) is 8.86. The molecule has 1 aromatic rings. The molecule has 3 atom stereocenters. The minimum atomic E-state index is -0.183. The molecule has 0 aromatic heterocycles. The van der Waals surface area contributed by atoms with Gasteiger partial charge in [-0.25, -0.2) is 4.79 Å². The molecule has 0 radical (unpaired) electrons. The molecule has 0 aliphatic heterocycles. The maximum absolute atomic E-state index is 12.4. The smallest absolute Gasteiger partial charge is 0.333 e. The summed E-state index contributed by atoms with van der Waals surface area (Å²) in [7, 11) is 0. The zero-order chi connectivity index (χ0) is 17.5. The minimum absolute atomic E-state index is 0.0581. The number of hydrogen-bond acceptors (Lipinski definition) is 2. The Balaban J connectivity index is 1.96. The van der Waals surface area contributed by atoms with Gasteiger partial charge < -0.3 is 4.74 Å². The van der Waals surface area contributed by atoms with Gasteiger partial charge in [0, 0.05) is 5.57 Å². The fourth-order valence-electron chi connectivity index (χ4n) is 3.42. The average Bonchev–Trinajstić information content (AvgIpc) is 2.55. The quantitative estimate of drug-likeness (QED) is 0.397. The monoisotopic (exact) mass is 326 g/mol. The van der Waals surface area contributed by atoms with Gasteiger partial charge in [-0.1, -0.05) is 75.8 Å². The van der Waals surface area contributed by atoms with Crippen molar-refractivity contribution >= 4 is 12.0 Å². The number of benzene rings is 1. The lowest BCUT2D eigenvalue weighted by Gasteiger charge is -2.36. The Morgan fingerprint density at radius 2 is 1.92 bits per heavy atom. The molecule has 130 valence electrons. The second-order valence-electron chi connectivity index (χ2n) is 7.39. The van der Waals surface area contributed by atoms with E-state index in [4.69, 9.17) is 4.74 Å². The van der Waals surface area contributed by atoms with Crippen LogP contribution in [-0.4, -0.2) is 12.1 Å². The number of carbonyl (C=O) groups is 1. The fraction of sp³-hybridized carbons (Fsp3) is 0.500. The molecule has 24 heavy (non-hydrogen) atoms. The Bertz CT molecular complexity index is 583. The number of ether oxygens (including phenoxy) is 1. The lowest BCUT2D eigenvalue weighted by Crippen LogP contribution is -2.36. The topological polar surface area (TPSA) is 26.3 Å². The first-order chi connectivity index (χ1) is 11.5. The van der Waals surface area contributed by atoms with Crippen molar-refractivity contribution in [2.24, 2.45) is 17.8 Å². The summed E-state index contributed by atoms with van der Waals surface area (Å²) in [6.45, 7) is 8.54.